The van der Waals surface area contributed by atoms with E-state index < -0.39 is 29.6 Å². The summed E-state index contributed by atoms with van der Waals surface area (Å²) in [4.78, 5) is 46.3. The first-order chi connectivity index (χ1) is 18.4. The van der Waals surface area contributed by atoms with E-state index in [1.165, 1.54) is 4.90 Å². The number of aliphatic hydroxyl groups excluding tert-OH is 1. The van der Waals surface area contributed by atoms with Crippen LogP contribution in [0.25, 0.3) is 11.0 Å². The average Bonchev–Trinajstić information content (AvgIpc) is 3.66. The highest BCUT2D eigenvalue weighted by Crippen LogP contribution is 2.58. The van der Waals surface area contributed by atoms with Gasteiger partial charge in [-0.1, -0.05) is 29.5 Å². The number of likely N-dealkylation sites (tertiary alicyclic amines) is 1. The zero-order chi connectivity index (χ0) is 27.0. The summed E-state index contributed by atoms with van der Waals surface area (Å²) in [6, 6.07) is 6.55. The number of likely N-dealkylation sites (N-methyl/N-ethyl adjacent to an activating group) is 1. The molecule has 5 atom stereocenters. The lowest BCUT2D eigenvalue weighted by Gasteiger charge is -2.36. The van der Waals surface area contributed by atoms with E-state index in [4.69, 9.17) is 4.74 Å². The molecule has 1 aromatic carbocycles. The summed E-state index contributed by atoms with van der Waals surface area (Å²) in [7, 11) is 1.68. The molecule has 1 N–H and O–H groups in total. The summed E-state index contributed by atoms with van der Waals surface area (Å²) >= 11 is 0. The summed E-state index contributed by atoms with van der Waals surface area (Å²) in [5.74, 6) is -2.17. The van der Waals surface area contributed by atoms with Crippen LogP contribution in [-0.2, 0) is 25.8 Å². The van der Waals surface area contributed by atoms with Crippen LogP contribution in [-0.4, -0.2) is 104 Å². The van der Waals surface area contributed by atoms with E-state index in [1.54, 1.807) is 33.7 Å². The van der Waals surface area contributed by atoms with Crippen molar-refractivity contribution < 1.29 is 24.2 Å². The standard InChI is InChI=1S/C27H34N6O5/c1-4-13-30(3)24(35)21-20-11-12-27(38-20)22(21)25(36)32(15-8-16-34)23(27)26(37)31(14-5-2)17-33-19-10-7-6-9-18(19)28-29-33/h4-7,9-10,20-23,34H,1-2,8,11-17H2,3H3/t20-,21+,22+,23?,27?/m1/s1. The Morgan fingerprint density at radius 1 is 1.24 bits per heavy atom. The predicted octanol–water partition coefficient (Wildman–Crippen LogP) is 0.805. The van der Waals surface area contributed by atoms with E-state index in [9.17, 15) is 19.5 Å². The van der Waals surface area contributed by atoms with Gasteiger partial charge in [0.2, 0.25) is 17.7 Å². The number of carbonyl (C=O) groups is 3. The minimum atomic E-state index is -1.10. The lowest BCUT2D eigenvalue weighted by Crippen LogP contribution is -2.56. The number of aliphatic hydroxyl groups is 1. The summed E-state index contributed by atoms with van der Waals surface area (Å²) in [5, 5.41) is 18.0. The Morgan fingerprint density at radius 3 is 2.74 bits per heavy atom. The SMILES string of the molecule is C=CCN(C)C(=O)[C@@H]1[C@H]2C(=O)N(CCCO)C(C(=O)N(CC=C)Cn3nnc4ccccc43)C23CC[C@H]1O3. The maximum atomic E-state index is 14.3. The van der Waals surface area contributed by atoms with Gasteiger partial charge in [-0.2, -0.15) is 0 Å². The van der Waals surface area contributed by atoms with Crippen molar-refractivity contribution in [1.82, 2.24) is 29.7 Å². The third-order valence-electron chi connectivity index (χ3n) is 8.04. The van der Waals surface area contributed by atoms with Crippen molar-refractivity contribution in [3.05, 3.63) is 49.6 Å². The maximum Gasteiger partial charge on any atom is 0.250 e. The molecule has 0 saturated carbocycles. The van der Waals surface area contributed by atoms with Crippen molar-refractivity contribution in [3.8, 4) is 0 Å². The highest BCUT2D eigenvalue weighted by molar-refractivity contribution is 5.99. The van der Waals surface area contributed by atoms with Crippen LogP contribution in [0.2, 0.25) is 0 Å². The second kappa shape index (κ2) is 10.3. The smallest absolute Gasteiger partial charge is 0.250 e. The molecule has 202 valence electrons. The lowest BCUT2D eigenvalue weighted by atomic mass is 9.70. The van der Waals surface area contributed by atoms with Crippen molar-refractivity contribution >= 4 is 28.8 Å². The van der Waals surface area contributed by atoms with Crippen LogP contribution >= 0.6 is 0 Å². The van der Waals surface area contributed by atoms with Crippen molar-refractivity contribution in [3.63, 3.8) is 0 Å². The molecule has 2 bridgehead atoms. The Bertz CT molecular complexity index is 1260. The molecule has 4 heterocycles. The molecule has 3 fully saturated rings. The van der Waals surface area contributed by atoms with E-state index >= 15 is 0 Å². The Morgan fingerprint density at radius 2 is 2.00 bits per heavy atom. The Balaban J connectivity index is 1.50. The van der Waals surface area contributed by atoms with Crippen molar-refractivity contribution in [2.24, 2.45) is 11.8 Å². The van der Waals surface area contributed by atoms with Crippen LogP contribution in [0.15, 0.2) is 49.6 Å². The molecule has 2 aromatic rings. The van der Waals surface area contributed by atoms with E-state index in [1.807, 2.05) is 24.3 Å². The van der Waals surface area contributed by atoms with Gasteiger partial charge in [0.05, 0.1) is 23.5 Å². The van der Waals surface area contributed by atoms with Gasteiger partial charge in [0.15, 0.2) is 0 Å². The minimum absolute atomic E-state index is 0.110. The molecule has 38 heavy (non-hydrogen) atoms. The molecule has 3 amide bonds. The quantitative estimate of drug-likeness (QED) is 0.434. The van der Waals surface area contributed by atoms with Crippen LogP contribution in [0.1, 0.15) is 19.3 Å². The first kappa shape index (κ1) is 26.1. The van der Waals surface area contributed by atoms with Gasteiger partial charge in [-0.25, -0.2) is 4.68 Å². The normalized spacial score (nSPS) is 27.5. The van der Waals surface area contributed by atoms with Crippen molar-refractivity contribution in [1.29, 1.82) is 0 Å². The number of para-hydroxylation sites is 1. The van der Waals surface area contributed by atoms with Crippen LogP contribution in [0.3, 0.4) is 0 Å². The van der Waals surface area contributed by atoms with Crippen LogP contribution in [0.4, 0.5) is 0 Å². The number of benzene rings is 1. The zero-order valence-electron chi connectivity index (χ0n) is 21.6. The second-order valence-corrected chi connectivity index (χ2v) is 10.2. The Kier molecular flexibility index (Phi) is 7.06. The number of hydrogen-bond acceptors (Lipinski definition) is 7. The van der Waals surface area contributed by atoms with E-state index in [0.717, 1.165) is 5.52 Å². The van der Waals surface area contributed by atoms with Gasteiger partial charge >= 0.3 is 0 Å². The highest BCUT2D eigenvalue weighted by Gasteiger charge is 2.74. The maximum absolute atomic E-state index is 14.3. The summed E-state index contributed by atoms with van der Waals surface area (Å²) < 4.78 is 8.13. The van der Waals surface area contributed by atoms with Crippen molar-refractivity contribution in [2.45, 2.75) is 43.7 Å². The molecule has 11 nitrogen and oxygen atoms in total. The fraction of sp³-hybridized carbons (Fsp3) is 0.519. The third-order valence-corrected chi connectivity index (χ3v) is 8.04. The summed E-state index contributed by atoms with van der Waals surface area (Å²) in [5.41, 5.74) is 0.382. The number of hydrogen-bond donors (Lipinski definition) is 1. The molecule has 3 aliphatic rings. The molecular weight excluding hydrogens is 488 g/mol. The molecule has 3 aliphatic heterocycles. The van der Waals surface area contributed by atoms with Gasteiger partial charge in [-0.3, -0.25) is 14.4 Å². The van der Waals surface area contributed by atoms with Gasteiger partial charge in [0.25, 0.3) is 0 Å². The number of fused-ring (bicyclic) bond motifs is 2. The third kappa shape index (κ3) is 4.01. The molecular formula is C27H34N6O5. The molecule has 2 unspecified atom stereocenters. The Hall–Kier alpha value is -3.57. The first-order valence-corrected chi connectivity index (χ1v) is 13.0. The number of amides is 3. The number of rotatable bonds is 11. The fourth-order valence-corrected chi connectivity index (χ4v) is 6.46. The molecule has 3 saturated heterocycles. The molecule has 5 rings (SSSR count). The van der Waals surface area contributed by atoms with Gasteiger partial charge in [0, 0.05) is 33.3 Å². The molecule has 0 radical (unpaired) electrons. The second-order valence-electron chi connectivity index (χ2n) is 10.2. The minimum Gasteiger partial charge on any atom is -0.396 e. The molecule has 1 aromatic heterocycles. The monoisotopic (exact) mass is 522 g/mol. The van der Waals surface area contributed by atoms with E-state index in [0.29, 0.717) is 31.3 Å². The number of carbonyl (C=O) groups excluding carboxylic acids is 3. The topological polar surface area (TPSA) is 121 Å². The van der Waals surface area contributed by atoms with Crippen molar-refractivity contribution in [2.75, 3.05) is 33.3 Å². The van der Waals surface area contributed by atoms with Crippen LogP contribution in [0.5, 0.6) is 0 Å². The first-order valence-electron chi connectivity index (χ1n) is 13.0. The van der Waals surface area contributed by atoms with E-state index in [-0.39, 0.29) is 44.1 Å². The van der Waals surface area contributed by atoms with E-state index in [2.05, 4.69) is 23.5 Å². The lowest BCUT2D eigenvalue weighted by molar-refractivity contribution is -0.149. The summed E-state index contributed by atoms with van der Waals surface area (Å²) in [6.07, 6.45) is 4.25. The zero-order valence-corrected chi connectivity index (χ0v) is 21.6. The number of nitrogens with zero attached hydrogens (tertiary/aromatic N) is 6. The average molecular weight is 523 g/mol. The molecule has 11 heteroatoms. The molecule has 1 spiro atoms. The predicted molar refractivity (Wildman–Crippen MR) is 138 cm³/mol. The Labute approximate surface area is 221 Å². The molecule has 0 aliphatic carbocycles. The van der Waals surface area contributed by atoms with Gasteiger partial charge in [-0.15, -0.1) is 18.3 Å². The summed E-state index contributed by atoms with van der Waals surface area (Å²) in [6.45, 7) is 8.29. The van der Waals surface area contributed by atoms with Gasteiger partial charge < -0.3 is 24.5 Å². The highest BCUT2D eigenvalue weighted by atomic mass is 16.5. The number of ether oxygens (including phenoxy) is 1. The van der Waals surface area contributed by atoms with Gasteiger partial charge in [0.1, 0.15) is 23.8 Å². The largest absolute Gasteiger partial charge is 0.396 e. The van der Waals surface area contributed by atoms with Crippen LogP contribution in [0, 0.1) is 11.8 Å². The fourth-order valence-electron chi connectivity index (χ4n) is 6.46. The van der Waals surface area contributed by atoms with Crippen LogP contribution < -0.4 is 0 Å². The number of aromatic nitrogens is 3. The van der Waals surface area contributed by atoms with Gasteiger partial charge in [-0.05, 0) is 31.4 Å².